The number of para-hydroxylation sites is 1. The van der Waals surface area contributed by atoms with Gasteiger partial charge in [-0.25, -0.2) is 0 Å². The van der Waals surface area contributed by atoms with E-state index in [1.54, 1.807) is 7.11 Å². The van der Waals surface area contributed by atoms with Crippen molar-refractivity contribution in [2.24, 2.45) is 0 Å². The fourth-order valence-electron chi connectivity index (χ4n) is 2.43. The van der Waals surface area contributed by atoms with E-state index in [1.165, 1.54) is 11.3 Å². The summed E-state index contributed by atoms with van der Waals surface area (Å²) in [6, 6.07) is 9.15. The van der Waals surface area contributed by atoms with Crippen molar-refractivity contribution in [2.75, 3.05) is 39.2 Å². The number of hydrogen-bond acceptors (Lipinski definition) is 3. The summed E-state index contributed by atoms with van der Waals surface area (Å²) in [6.45, 7) is 3.05. The van der Waals surface area contributed by atoms with E-state index in [2.05, 4.69) is 41.5 Å². The molecule has 0 fully saturated rings. The third-order valence-electron chi connectivity index (χ3n) is 3.26. The Morgan fingerprint density at radius 1 is 1.41 bits per heavy atom. The predicted octanol–water partition coefficient (Wildman–Crippen LogP) is 1.99. The van der Waals surface area contributed by atoms with Crippen molar-refractivity contribution in [3.8, 4) is 0 Å². The molecule has 17 heavy (non-hydrogen) atoms. The Bertz CT molecular complexity index is 329. The van der Waals surface area contributed by atoms with E-state index >= 15 is 0 Å². The van der Waals surface area contributed by atoms with E-state index < -0.39 is 0 Å². The van der Waals surface area contributed by atoms with Crippen LogP contribution < -0.4 is 5.32 Å². The first-order valence-electron chi connectivity index (χ1n) is 6.31. The third-order valence-corrected chi connectivity index (χ3v) is 3.26. The molecule has 1 aliphatic rings. The Hall–Kier alpha value is -1.06. The van der Waals surface area contributed by atoms with Gasteiger partial charge in [0.25, 0.3) is 0 Å². The molecule has 0 aromatic heterocycles. The van der Waals surface area contributed by atoms with Crippen molar-refractivity contribution < 1.29 is 4.74 Å². The molecule has 0 spiro atoms. The van der Waals surface area contributed by atoms with Crippen LogP contribution in [0.4, 0.5) is 5.69 Å². The minimum atomic E-state index is 0.556. The molecule has 1 atom stereocenters. The normalized spacial score (nSPS) is 18.2. The lowest BCUT2D eigenvalue weighted by atomic mass is 10.1. The molecular formula is C14H22N2O. The maximum Gasteiger partial charge on any atom is 0.0474 e. The van der Waals surface area contributed by atoms with Crippen molar-refractivity contribution >= 4 is 5.69 Å². The van der Waals surface area contributed by atoms with Gasteiger partial charge in [-0.2, -0.15) is 0 Å². The number of anilines is 1. The van der Waals surface area contributed by atoms with Crippen LogP contribution in [0, 0.1) is 0 Å². The van der Waals surface area contributed by atoms with Gasteiger partial charge in [0, 0.05) is 38.5 Å². The van der Waals surface area contributed by atoms with E-state index in [-0.39, 0.29) is 0 Å². The molecule has 0 saturated heterocycles. The van der Waals surface area contributed by atoms with Crippen LogP contribution in [0.5, 0.6) is 0 Å². The zero-order valence-corrected chi connectivity index (χ0v) is 10.8. The van der Waals surface area contributed by atoms with Crippen LogP contribution >= 0.6 is 0 Å². The first-order chi connectivity index (χ1) is 8.29. The number of nitrogens with zero attached hydrogens (tertiary/aromatic N) is 1. The van der Waals surface area contributed by atoms with Gasteiger partial charge < -0.3 is 15.0 Å². The fraction of sp³-hybridized carbons (Fsp3) is 0.571. The molecule has 94 valence electrons. The van der Waals surface area contributed by atoms with Gasteiger partial charge in [-0.15, -0.1) is 0 Å². The molecule has 0 aliphatic carbocycles. The smallest absolute Gasteiger partial charge is 0.0474 e. The molecule has 1 heterocycles. The molecule has 0 amide bonds. The summed E-state index contributed by atoms with van der Waals surface area (Å²) in [5, 5.41) is 3.58. The number of nitrogens with one attached hydrogen (secondary N) is 1. The highest BCUT2D eigenvalue weighted by Gasteiger charge is 2.20. The summed E-state index contributed by atoms with van der Waals surface area (Å²) in [5.74, 6) is 0. The summed E-state index contributed by atoms with van der Waals surface area (Å²) in [6.07, 6.45) is 2.25. The molecule has 2 rings (SSSR count). The second kappa shape index (κ2) is 6.03. The van der Waals surface area contributed by atoms with Gasteiger partial charge in [-0.05, 0) is 31.5 Å². The minimum Gasteiger partial charge on any atom is -0.385 e. The monoisotopic (exact) mass is 234 g/mol. The highest BCUT2D eigenvalue weighted by molar-refractivity contribution is 5.56. The van der Waals surface area contributed by atoms with Crippen molar-refractivity contribution in [1.82, 2.24) is 4.90 Å². The highest BCUT2D eigenvalue weighted by Crippen LogP contribution is 2.25. The number of hydrogen-bond donors (Lipinski definition) is 1. The summed E-state index contributed by atoms with van der Waals surface area (Å²) in [7, 11) is 3.94. The summed E-state index contributed by atoms with van der Waals surface area (Å²) >= 11 is 0. The Labute approximate surface area is 104 Å². The summed E-state index contributed by atoms with van der Waals surface area (Å²) in [5.41, 5.74) is 2.76. The molecule has 1 aromatic carbocycles. The number of fused-ring (bicyclic) bond motifs is 1. The molecule has 0 saturated carbocycles. The second-order valence-electron chi connectivity index (χ2n) is 4.81. The van der Waals surface area contributed by atoms with Crippen molar-refractivity contribution in [3.63, 3.8) is 0 Å². The summed E-state index contributed by atoms with van der Waals surface area (Å²) in [4.78, 5) is 2.38. The van der Waals surface area contributed by atoms with E-state index in [0.29, 0.717) is 6.04 Å². The van der Waals surface area contributed by atoms with E-state index in [9.17, 15) is 0 Å². The van der Waals surface area contributed by atoms with Crippen molar-refractivity contribution in [3.05, 3.63) is 29.8 Å². The Morgan fingerprint density at radius 2 is 2.24 bits per heavy atom. The average molecular weight is 234 g/mol. The Morgan fingerprint density at radius 3 is 3.00 bits per heavy atom. The van der Waals surface area contributed by atoms with Crippen LogP contribution in [0.3, 0.4) is 0 Å². The van der Waals surface area contributed by atoms with Gasteiger partial charge in [0.15, 0.2) is 0 Å². The quantitative estimate of drug-likeness (QED) is 0.762. The molecule has 3 heteroatoms. The van der Waals surface area contributed by atoms with Crippen molar-refractivity contribution in [2.45, 2.75) is 18.9 Å². The fourth-order valence-corrected chi connectivity index (χ4v) is 2.43. The van der Waals surface area contributed by atoms with Crippen molar-refractivity contribution in [1.29, 1.82) is 0 Å². The predicted molar refractivity (Wildman–Crippen MR) is 71.5 cm³/mol. The average Bonchev–Trinajstić information content (AvgIpc) is 2.71. The maximum atomic E-state index is 5.07. The standard InChI is InChI=1S/C14H22N2O/c1-16(8-5-9-17-2)11-13-10-12-6-3-4-7-14(12)15-13/h3-4,6-7,13,15H,5,8-11H2,1-2H3. The maximum absolute atomic E-state index is 5.07. The van der Waals surface area contributed by atoms with Crippen LogP contribution in [-0.4, -0.2) is 44.8 Å². The Balaban J connectivity index is 1.75. The van der Waals surface area contributed by atoms with Gasteiger partial charge in [0.1, 0.15) is 0 Å². The van der Waals surface area contributed by atoms with E-state index in [4.69, 9.17) is 4.74 Å². The molecule has 0 radical (unpaired) electrons. The topological polar surface area (TPSA) is 24.5 Å². The number of benzene rings is 1. The Kier molecular flexibility index (Phi) is 4.40. The van der Waals surface area contributed by atoms with Gasteiger partial charge in [0.2, 0.25) is 0 Å². The molecule has 0 bridgehead atoms. The van der Waals surface area contributed by atoms with Gasteiger partial charge in [-0.1, -0.05) is 18.2 Å². The second-order valence-corrected chi connectivity index (χ2v) is 4.81. The van der Waals surface area contributed by atoms with Crippen LogP contribution in [0.1, 0.15) is 12.0 Å². The van der Waals surface area contributed by atoms with Crippen LogP contribution in [0.25, 0.3) is 0 Å². The van der Waals surface area contributed by atoms with Gasteiger partial charge >= 0.3 is 0 Å². The molecule has 3 nitrogen and oxygen atoms in total. The van der Waals surface area contributed by atoms with Crippen LogP contribution in [-0.2, 0) is 11.2 Å². The molecule has 1 N–H and O–H groups in total. The molecule has 1 aliphatic heterocycles. The number of likely N-dealkylation sites (N-methyl/N-ethyl adjacent to an activating group) is 1. The lowest BCUT2D eigenvalue weighted by Gasteiger charge is -2.21. The largest absolute Gasteiger partial charge is 0.385 e. The highest BCUT2D eigenvalue weighted by atomic mass is 16.5. The number of rotatable bonds is 6. The zero-order chi connectivity index (χ0) is 12.1. The minimum absolute atomic E-state index is 0.556. The molecule has 1 unspecified atom stereocenters. The van der Waals surface area contributed by atoms with Gasteiger partial charge in [0.05, 0.1) is 0 Å². The third kappa shape index (κ3) is 3.45. The van der Waals surface area contributed by atoms with Gasteiger partial charge in [-0.3, -0.25) is 0 Å². The molecular weight excluding hydrogens is 212 g/mol. The summed E-state index contributed by atoms with van der Waals surface area (Å²) < 4.78 is 5.07. The SMILES string of the molecule is COCCCN(C)CC1Cc2ccccc2N1. The first kappa shape index (κ1) is 12.4. The zero-order valence-electron chi connectivity index (χ0n) is 10.8. The lowest BCUT2D eigenvalue weighted by Crippen LogP contribution is -2.33. The lowest BCUT2D eigenvalue weighted by molar-refractivity contribution is 0.178. The number of ether oxygens (including phenoxy) is 1. The van der Waals surface area contributed by atoms with E-state index in [1.807, 2.05) is 0 Å². The first-order valence-corrected chi connectivity index (χ1v) is 6.31. The molecule has 1 aromatic rings. The van der Waals surface area contributed by atoms with Crippen LogP contribution in [0.15, 0.2) is 24.3 Å². The van der Waals surface area contributed by atoms with E-state index in [0.717, 1.165) is 32.5 Å². The van der Waals surface area contributed by atoms with Crippen LogP contribution in [0.2, 0.25) is 0 Å². The number of methoxy groups -OCH3 is 1.